The summed E-state index contributed by atoms with van der Waals surface area (Å²) in [5.74, 6) is 0. The molecular formula is C11H11N3O3. The highest BCUT2D eigenvalue weighted by Crippen LogP contribution is 2.30. The summed E-state index contributed by atoms with van der Waals surface area (Å²) in [6.45, 7) is 0. The molecule has 0 aliphatic heterocycles. The molecule has 1 aliphatic rings. The van der Waals surface area contributed by atoms with Crippen LogP contribution >= 0.6 is 0 Å². The maximum absolute atomic E-state index is 10.8. The third-order valence-electron chi connectivity index (χ3n) is 2.80. The van der Waals surface area contributed by atoms with Gasteiger partial charge in [-0.25, -0.2) is 0 Å². The maximum atomic E-state index is 10.8. The van der Waals surface area contributed by atoms with E-state index in [-0.39, 0.29) is 17.8 Å². The number of nitro groups is 1. The monoisotopic (exact) mass is 233 g/mol. The highest BCUT2D eigenvalue weighted by atomic mass is 16.6. The smallest absolute Gasteiger partial charge is 0.292 e. The Morgan fingerprint density at radius 1 is 1.53 bits per heavy atom. The van der Waals surface area contributed by atoms with Crippen molar-refractivity contribution in [3.8, 4) is 6.07 Å². The standard InChI is InChI=1S/C11H11N3O3/c12-6-7-1-2-11(14(16)17)10(3-7)13-8-4-9(15)5-8/h1-3,8-9,13,15H,4-5H2/t8-,9-. The summed E-state index contributed by atoms with van der Waals surface area (Å²) in [4.78, 5) is 10.3. The number of hydrogen-bond donors (Lipinski definition) is 2. The summed E-state index contributed by atoms with van der Waals surface area (Å²) in [5, 5.41) is 31.7. The molecule has 88 valence electrons. The molecule has 0 heterocycles. The van der Waals surface area contributed by atoms with E-state index in [2.05, 4.69) is 5.32 Å². The van der Waals surface area contributed by atoms with Crippen LogP contribution in [0.1, 0.15) is 18.4 Å². The Morgan fingerprint density at radius 3 is 2.76 bits per heavy atom. The highest BCUT2D eigenvalue weighted by Gasteiger charge is 2.28. The van der Waals surface area contributed by atoms with Crippen molar-refractivity contribution in [1.82, 2.24) is 0 Å². The van der Waals surface area contributed by atoms with Gasteiger partial charge < -0.3 is 10.4 Å². The van der Waals surface area contributed by atoms with Crippen molar-refractivity contribution in [3.63, 3.8) is 0 Å². The minimum atomic E-state index is -0.488. The second-order valence-corrected chi connectivity index (χ2v) is 4.07. The van der Waals surface area contributed by atoms with Crippen molar-refractivity contribution in [2.75, 3.05) is 5.32 Å². The van der Waals surface area contributed by atoms with Gasteiger partial charge in [0.2, 0.25) is 0 Å². The predicted octanol–water partition coefficient (Wildman–Crippen LogP) is 1.40. The first-order valence-corrected chi connectivity index (χ1v) is 5.23. The molecule has 1 aromatic rings. The van der Waals surface area contributed by atoms with Crippen molar-refractivity contribution in [2.24, 2.45) is 0 Å². The van der Waals surface area contributed by atoms with Crippen molar-refractivity contribution in [2.45, 2.75) is 25.0 Å². The van der Waals surface area contributed by atoms with Crippen LogP contribution in [0.2, 0.25) is 0 Å². The number of nitrogens with one attached hydrogen (secondary N) is 1. The molecule has 0 amide bonds. The molecule has 1 fully saturated rings. The van der Waals surface area contributed by atoms with Crippen LogP contribution in [0.3, 0.4) is 0 Å². The number of anilines is 1. The molecule has 17 heavy (non-hydrogen) atoms. The number of rotatable bonds is 3. The van der Waals surface area contributed by atoms with Crippen LogP contribution in [0.5, 0.6) is 0 Å². The summed E-state index contributed by atoms with van der Waals surface area (Å²) in [6.07, 6.45) is 0.827. The molecule has 0 saturated heterocycles. The molecule has 0 bridgehead atoms. The zero-order valence-electron chi connectivity index (χ0n) is 8.96. The molecule has 2 N–H and O–H groups in total. The number of aliphatic hydroxyl groups excluding tert-OH is 1. The molecule has 6 heteroatoms. The number of nitriles is 1. The zero-order chi connectivity index (χ0) is 12.4. The molecule has 0 radical (unpaired) electrons. The molecule has 0 aromatic heterocycles. The molecule has 0 atom stereocenters. The van der Waals surface area contributed by atoms with Crippen LogP contribution in [0.15, 0.2) is 18.2 Å². The lowest BCUT2D eigenvalue weighted by Gasteiger charge is -2.32. The number of nitro benzene ring substituents is 1. The Labute approximate surface area is 97.6 Å². The van der Waals surface area contributed by atoms with Gasteiger partial charge in [-0.05, 0) is 25.0 Å². The van der Waals surface area contributed by atoms with Gasteiger partial charge in [0.05, 0.1) is 22.7 Å². The van der Waals surface area contributed by atoms with Crippen LogP contribution in [0.25, 0.3) is 0 Å². The second-order valence-electron chi connectivity index (χ2n) is 4.07. The second kappa shape index (κ2) is 4.39. The van der Waals surface area contributed by atoms with Gasteiger partial charge in [0, 0.05) is 12.1 Å². The maximum Gasteiger partial charge on any atom is 0.292 e. The average molecular weight is 233 g/mol. The van der Waals surface area contributed by atoms with Gasteiger partial charge in [-0.1, -0.05) is 0 Å². The van der Waals surface area contributed by atoms with E-state index in [1.165, 1.54) is 18.2 Å². The summed E-state index contributed by atoms with van der Waals surface area (Å²) >= 11 is 0. The first-order chi connectivity index (χ1) is 8.10. The highest BCUT2D eigenvalue weighted by molar-refractivity contribution is 5.64. The average Bonchev–Trinajstić information content (AvgIpc) is 2.26. The number of nitrogens with zero attached hydrogens (tertiary/aromatic N) is 2. The molecular weight excluding hydrogens is 222 g/mol. The fraction of sp³-hybridized carbons (Fsp3) is 0.364. The zero-order valence-corrected chi connectivity index (χ0v) is 8.96. The molecule has 1 saturated carbocycles. The number of aliphatic hydroxyl groups is 1. The van der Waals surface area contributed by atoms with Gasteiger partial charge in [0.1, 0.15) is 5.69 Å². The number of benzene rings is 1. The molecule has 0 unspecified atom stereocenters. The topological polar surface area (TPSA) is 99.2 Å². The minimum Gasteiger partial charge on any atom is -0.393 e. The first-order valence-electron chi connectivity index (χ1n) is 5.23. The Kier molecular flexibility index (Phi) is 2.93. The third kappa shape index (κ3) is 2.34. The van der Waals surface area contributed by atoms with E-state index < -0.39 is 4.92 Å². The van der Waals surface area contributed by atoms with E-state index in [1.807, 2.05) is 6.07 Å². The van der Waals surface area contributed by atoms with E-state index in [1.54, 1.807) is 0 Å². The molecule has 1 aromatic carbocycles. The Morgan fingerprint density at radius 2 is 2.24 bits per heavy atom. The first kappa shape index (κ1) is 11.4. The van der Waals surface area contributed by atoms with E-state index >= 15 is 0 Å². The van der Waals surface area contributed by atoms with Gasteiger partial charge in [0.15, 0.2) is 0 Å². The summed E-state index contributed by atoms with van der Waals surface area (Å²) < 4.78 is 0. The third-order valence-corrected chi connectivity index (χ3v) is 2.80. The molecule has 0 spiro atoms. The minimum absolute atomic E-state index is 0.0395. The SMILES string of the molecule is N#Cc1ccc([N+](=O)[O-])c(N[C@H]2C[C@H](O)C2)c1. The van der Waals surface area contributed by atoms with Crippen molar-refractivity contribution < 1.29 is 10.0 Å². The Balaban J connectivity index is 2.23. The van der Waals surface area contributed by atoms with Gasteiger partial charge in [-0.3, -0.25) is 10.1 Å². The summed E-state index contributed by atoms with van der Waals surface area (Å²) in [5.41, 5.74) is 0.661. The fourth-order valence-electron chi connectivity index (χ4n) is 1.81. The lowest BCUT2D eigenvalue weighted by molar-refractivity contribution is -0.384. The van der Waals surface area contributed by atoms with Gasteiger partial charge in [-0.2, -0.15) is 5.26 Å². The molecule has 6 nitrogen and oxygen atoms in total. The largest absolute Gasteiger partial charge is 0.393 e. The van der Waals surface area contributed by atoms with Crippen molar-refractivity contribution >= 4 is 11.4 Å². The summed E-state index contributed by atoms with van der Waals surface area (Å²) in [7, 11) is 0. The predicted molar refractivity (Wildman–Crippen MR) is 60.5 cm³/mol. The normalized spacial score (nSPS) is 22.4. The fourth-order valence-corrected chi connectivity index (χ4v) is 1.81. The van der Waals surface area contributed by atoms with Crippen LogP contribution in [-0.2, 0) is 0 Å². The van der Waals surface area contributed by atoms with Crippen LogP contribution in [0.4, 0.5) is 11.4 Å². The van der Waals surface area contributed by atoms with E-state index in [9.17, 15) is 10.1 Å². The molecule has 1 aliphatic carbocycles. The van der Waals surface area contributed by atoms with Crippen LogP contribution < -0.4 is 5.32 Å². The Hall–Kier alpha value is -2.13. The quantitative estimate of drug-likeness (QED) is 0.607. The van der Waals surface area contributed by atoms with Crippen LogP contribution in [0, 0.1) is 21.4 Å². The lowest BCUT2D eigenvalue weighted by Crippen LogP contribution is -2.39. The van der Waals surface area contributed by atoms with Gasteiger partial charge in [0.25, 0.3) is 5.69 Å². The van der Waals surface area contributed by atoms with E-state index in [0.29, 0.717) is 24.1 Å². The molecule has 2 rings (SSSR count). The summed E-state index contributed by atoms with van der Waals surface area (Å²) in [6, 6.07) is 6.17. The number of hydrogen-bond acceptors (Lipinski definition) is 5. The van der Waals surface area contributed by atoms with Crippen molar-refractivity contribution in [3.05, 3.63) is 33.9 Å². The van der Waals surface area contributed by atoms with Crippen molar-refractivity contribution in [1.29, 1.82) is 5.26 Å². The van der Waals surface area contributed by atoms with E-state index in [0.717, 1.165) is 0 Å². The Bertz CT molecular complexity index is 489. The van der Waals surface area contributed by atoms with E-state index in [4.69, 9.17) is 10.4 Å². The lowest BCUT2D eigenvalue weighted by atomic mass is 9.89. The van der Waals surface area contributed by atoms with Crippen LogP contribution in [-0.4, -0.2) is 22.2 Å². The van der Waals surface area contributed by atoms with Gasteiger partial charge in [-0.15, -0.1) is 0 Å². The van der Waals surface area contributed by atoms with Gasteiger partial charge >= 0.3 is 0 Å².